The first-order valence-corrected chi connectivity index (χ1v) is 2.24. The average molecular weight is 142 g/mol. The first-order valence-electron chi connectivity index (χ1n) is 2.24. The fourth-order valence-corrected chi connectivity index (χ4v) is 0.441. The van der Waals surface area contributed by atoms with E-state index in [0.29, 0.717) is 0 Å². The third kappa shape index (κ3) is 1.31. The van der Waals surface area contributed by atoms with Crippen molar-refractivity contribution in [3.8, 4) is 0 Å². The van der Waals surface area contributed by atoms with Gasteiger partial charge in [0.2, 0.25) is 0 Å². The molecule has 1 saturated heterocycles. The van der Waals surface area contributed by atoms with Gasteiger partial charge in [-0.1, -0.05) is 0 Å². The van der Waals surface area contributed by atoms with Crippen LogP contribution in [-0.4, -0.2) is 25.4 Å². The Bertz CT molecular complexity index is 70.9. The summed E-state index contributed by atoms with van der Waals surface area (Å²) in [5.74, 6) is 0. The van der Waals surface area contributed by atoms with Gasteiger partial charge in [-0.2, -0.15) is 0 Å². The van der Waals surface area contributed by atoms with Crippen LogP contribution >= 0.6 is 12.4 Å². The fraction of sp³-hybridized carbons (Fsp3) is 1.00. The molecule has 0 aromatic heterocycles. The highest BCUT2D eigenvalue weighted by atomic mass is 35.5. The van der Waals surface area contributed by atoms with Gasteiger partial charge in [-0.25, -0.2) is 4.39 Å². The topological polar surface area (TPSA) is 35.2 Å². The molecule has 1 heterocycles. The summed E-state index contributed by atoms with van der Waals surface area (Å²) in [7, 11) is 0. The molecule has 1 fully saturated rings. The maximum Gasteiger partial charge on any atom is 0.169 e. The van der Waals surface area contributed by atoms with E-state index in [1.807, 2.05) is 0 Å². The molecule has 0 aromatic rings. The van der Waals surface area contributed by atoms with E-state index in [2.05, 4.69) is 4.74 Å². The summed E-state index contributed by atoms with van der Waals surface area (Å²) in [4.78, 5) is 0. The summed E-state index contributed by atoms with van der Waals surface area (Å²) in [5, 5.41) is 0. The molecular formula is C4H9ClFNO. The third-order valence-corrected chi connectivity index (χ3v) is 1.09. The normalized spacial score (nSPS) is 23.2. The SMILES string of the molecule is Cl.NCC1(F)COC1. The highest BCUT2D eigenvalue weighted by molar-refractivity contribution is 5.85. The maximum atomic E-state index is 12.4. The van der Waals surface area contributed by atoms with E-state index in [1.54, 1.807) is 0 Å². The van der Waals surface area contributed by atoms with Gasteiger partial charge < -0.3 is 10.5 Å². The summed E-state index contributed by atoms with van der Waals surface area (Å²) in [5.41, 5.74) is 3.83. The van der Waals surface area contributed by atoms with Crippen LogP contribution < -0.4 is 5.73 Å². The lowest BCUT2D eigenvalue weighted by Crippen LogP contribution is -2.51. The Balaban J connectivity index is 0.000000490. The van der Waals surface area contributed by atoms with E-state index in [1.165, 1.54) is 0 Å². The maximum absolute atomic E-state index is 12.4. The summed E-state index contributed by atoms with van der Waals surface area (Å²) in [6.07, 6.45) is 0. The molecule has 0 bridgehead atoms. The smallest absolute Gasteiger partial charge is 0.169 e. The van der Waals surface area contributed by atoms with Crippen LogP contribution in [0.4, 0.5) is 4.39 Å². The van der Waals surface area contributed by atoms with E-state index in [-0.39, 0.29) is 32.2 Å². The first kappa shape index (κ1) is 8.14. The molecule has 0 radical (unpaired) electrons. The molecule has 0 amide bonds. The number of halogens is 2. The lowest BCUT2D eigenvalue weighted by molar-refractivity contribution is -0.123. The molecule has 0 spiro atoms. The van der Waals surface area contributed by atoms with Crippen LogP contribution in [-0.2, 0) is 4.74 Å². The zero-order chi connectivity index (χ0) is 5.33. The first-order chi connectivity index (χ1) is 3.27. The van der Waals surface area contributed by atoms with Gasteiger partial charge in [-0.15, -0.1) is 12.4 Å². The number of rotatable bonds is 1. The van der Waals surface area contributed by atoms with Crippen molar-refractivity contribution in [3.63, 3.8) is 0 Å². The molecule has 4 heteroatoms. The van der Waals surface area contributed by atoms with Gasteiger partial charge in [-0.3, -0.25) is 0 Å². The van der Waals surface area contributed by atoms with Gasteiger partial charge in [0, 0.05) is 6.54 Å². The molecule has 0 saturated carbocycles. The minimum atomic E-state index is -1.18. The molecule has 2 nitrogen and oxygen atoms in total. The Morgan fingerprint density at radius 1 is 1.62 bits per heavy atom. The van der Waals surface area contributed by atoms with Gasteiger partial charge in [0.15, 0.2) is 5.67 Å². The second-order valence-corrected chi connectivity index (χ2v) is 1.85. The summed E-state index contributed by atoms with van der Waals surface area (Å²) in [6, 6.07) is 0. The Morgan fingerprint density at radius 3 is 2.12 bits per heavy atom. The predicted molar refractivity (Wildman–Crippen MR) is 31.0 cm³/mol. The Labute approximate surface area is 53.6 Å². The van der Waals surface area contributed by atoms with Crippen LogP contribution in [0, 0.1) is 0 Å². The van der Waals surface area contributed by atoms with Crippen LogP contribution in [0.3, 0.4) is 0 Å². The molecule has 1 aliphatic heterocycles. The predicted octanol–water partition coefficient (Wildman–Crippen LogP) is 0.105. The van der Waals surface area contributed by atoms with Crippen molar-refractivity contribution >= 4 is 12.4 Å². The second-order valence-electron chi connectivity index (χ2n) is 1.85. The van der Waals surface area contributed by atoms with Crippen molar-refractivity contribution in [2.24, 2.45) is 5.73 Å². The van der Waals surface area contributed by atoms with Crippen molar-refractivity contribution in [1.29, 1.82) is 0 Å². The van der Waals surface area contributed by atoms with Gasteiger partial charge in [0.1, 0.15) is 0 Å². The Morgan fingerprint density at radius 2 is 2.12 bits per heavy atom. The fourth-order valence-electron chi connectivity index (χ4n) is 0.441. The van der Waals surface area contributed by atoms with E-state index in [9.17, 15) is 4.39 Å². The van der Waals surface area contributed by atoms with E-state index < -0.39 is 5.67 Å². The van der Waals surface area contributed by atoms with Crippen molar-refractivity contribution in [2.75, 3.05) is 19.8 Å². The summed E-state index contributed by atoms with van der Waals surface area (Å²) in [6.45, 7) is 0.458. The van der Waals surface area contributed by atoms with E-state index in [0.717, 1.165) is 0 Å². The molecule has 50 valence electrons. The number of nitrogens with two attached hydrogens (primary N) is 1. The molecule has 8 heavy (non-hydrogen) atoms. The molecule has 0 atom stereocenters. The zero-order valence-corrected chi connectivity index (χ0v) is 5.21. The Kier molecular flexibility index (Phi) is 2.66. The minimum absolute atomic E-state index is 0. The van der Waals surface area contributed by atoms with Crippen LogP contribution in [0.15, 0.2) is 0 Å². The number of ether oxygens (including phenoxy) is 1. The number of hydrogen-bond acceptors (Lipinski definition) is 2. The van der Waals surface area contributed by atoms with Crippen LogP contribution in [0.5, 0.6) is 0 Å². The molecule has 0 aliphatic carbocycles. The third-order valence-electron chi connectivity index (χ3n) is 1.09. The van der Waals surface area contributed by atoms with Gasteiger partial charge in [0.05, 0.1) is 13.2 Å². The van der Waals surface area contributed by atoms with Gasteiger partial charge in [-0.05, 0) is 0 Å². The summed E-state index contributed by atoms with van der Waals surface area (Å²) >= 11 is 0. The van der Waals surface area contributed by atoms with Crippen LogP contribution in [0.1, 0.15) is 0 Å². The highest BCUT2D eigenvalue weighted by Gasteiger charge is 2.36. The van der Waals surface area contributed by atoms with Crippen LogP contribution in [0.25, 0.3) is 0 Å². The lowest BCUT2D eigenvalue weighted by Gasteiger charge is -2.31. The molecule has 2 N–H and O–H groups in total. The quantitative estimate of drug-likeness (QED) is 0.563. The molecule has 1 aliphatic rings. The number of alkyl halides is 1. The summed E-state index contributed by atoms with van der Waals surface area (Å²) < 4.78 is 17.0. The Hall–Kier alpha value is 0.140. The highest BCUT2D eigenvalue weighted by Crippen LogP contribution is 2.18. The molecular weight excluding hydrogens is 133 g/mol. The standard InChI is InChI=1S/C4H8FNO.ClH/c5-4(1-6)2-7-3-4;/h1-3,6H2;1H. The molecule has 1 rings (SSSR count). The molecule has 0 unspecified atom stereocenters. The van der Waals surface area contributed by atoms with Crippen LogP contribution in [0.2, 0.25) is 0 Å². The second kappa shape index (κ2) is 2.62. The van der Waals surface area contributed by atoms with Gasteiger partial charge in [0.25, 0.3) is 0 Å². The van der Waals surface area contributed by atoms with Crippen molar-refractivity contribution in [3.05, 3.63) is 0 Å². The van der Waals surface area contributed by atoms with E-state index >= 15 is 0 Å². The average Bonchev–Trinajstić information content (AvgIpc) is 1.61. The van der Waals surface area contributed by atoms with Crippen molar-refractivity contribution in [1.82, 2.24) is 0 Å². The number of hydrogen-bond donors (Lipinski definition) is 1. The molecule has 0 aromatic carbocycles. The lowest BCUT2D eigenvalue weighted by atomic mass is 10.1. The minimum Gasteiger partial charge on any atom is -0.375 e. The van der Waals surface area contributed by atoms with Gasteiger partial charge >= 0.3 is 0 Å². The van der Waals surface area contributed by atoms with Crippen molar-refractivity contribution in [2.45, 2.75) is 5.67 Å². The van der Waals surface area contributed by atoms with E-state index in [4.69, 9.17) is 5.73 Å². The van der Waals surface area contributed by atoms with Crippen molar-refractivity contribution < 1.29 is 9.13 Å². The monoisotopic (exact) mass is 141 g/mol. The largest absolute Gasteiger partial charge is 0.375 e. The zero-order valence-electron chi connectivity index (χ0n) is 4.39.